The summed E-state index contributed by atoms with van der Waals surface area (Å²) in [5, 5.41) is 0. The lowest BCUT2D eigenvalue weighted by Gasteiger charge is -2.23. The molecule has 0 unspecified atom stereocenters. The number of carbonyl (C=O) groups is 2. The number of alkyl halides is 6. The Hall–Kier alpha value is -2.98. The molecule has 0 aliphatic heterocycles. The largest absolute Gasteiger partial charge is 0.417 e. The van der Waals surface area contributed by atoms with Crippen LogP contribution in [0.1, 0.15) is 51.6 Å². The van der Waals surface area contributed by atoms with Crippen LogP contribution in [0.2, 0.25) is 0 Å². The second kappa shape index (κ2) is 9.03. The third kappa shape index (κ3) is 5.80. The van der Waals surface area contributed by atoms with E-state index < -0.39 is 64.6 Å². The molecule has 168 valence electrons. The maximum atomic E-state index is 13.7. The van der Waals surface area contributed by atoms with Crippen LogP contribution < -0.4 is 0 Å². The fraction of sp³-hybridized carbons (Fsp3) is 0.300. The maximum absolute atomic E-state index is 13.7. The molecule has 31 heavy (non-hydrogen) atoms. The Morgan fingerprint density at radius 2 is 1.48 bits per heavy atom. The van der Waals surface area contributed by atoms with Crippen molar-refractivity contribution in [2.75, 3.05) is 6.54 Å². The highest BCUT2D eigenvalue weighted by Crippen LogP contribution is 2.34. The van der Waals surface area contributed by atoms with E-state index >= 15 is 0 Å². The number of unbranched alkanes of at least 4 members (excludes halogenated alkanes) is 1. The molecule has 11 heteroatoms. The molecule has 0 aromatic heterocycles. The normalized spacial score (nSPS) is 12.0. The first-order valence-electron chi connectivity index (χ1n) is 8.86. The molecule has 0 spiro atoms. The Balaban J connectivity index is 2.57. The summed E-state index contributed by atoms with van der Waals surface area (Å²) in [7, 11) is 0. The average Bonchev–Trinajstić information content (AvgIpc) is 2.65. The Bertz CT molecular complexity index is 982. The molecule has 2 aromatic rings. The quantitative estimate of drug-likeness (QED) is 0.406. The molecule has 0 aliphatic carbocycles. The number of benzene rings is 2. The van der Waals surface area contributed by atoms with Gasteiger partial charge in [0.15, 0.2) is 0 Å². The average molecular weight is 453 g/mol. The minimum absolute atomic E-state index is 0.0928. The van der Waals surface area contributed by atoms with Gasteiger partial charge in [-0.3, -0.25) is 14.5 Å². The monoisotopic (exact) mass is 453 g/mol. The van der Waals surface area contributed by atoms with Crippen molar-refractivity contribution >= 4 is 11.8 Å². The molecular formula is C20H15F8NO2. The Morgan fingerprint density at radius 1 is 0.839 bits per heavy atom. The Kier molecular flexibility index (Phi) is 7.07. The van der Waals surface area contributed by atoms with Crippen LogP contribution in [0.5, 0.6) is 0 Å². The molecule has 2 rings (SSSR count). The zero-order chi connectivity index (χ0) is 23.6. The predicted octanol–water partition coefficient (Wildman–Crippen LogP) is 6.09. The molecule has 0 atom stereocenters. The summed E-state index contributed by atoms with van der Waals surface area (Å²) in [5.41, 5.74) is -5.12. The van der Waals surface area contributed by atoms with Crippen LogP contribution in [0.4, 0.5) is 35.1 Å². The summed E-state index contributed by atoms with van der Waals surface area (Å²) < 4.78 is 106. The van der Waals surface area contributed by atoms with E-state index in [0.717, 1.165) is 0 Å². The van der Waals surface area contributed by atoms with E-state index in [1.165, 1.54) is 0 Å². The second-order valence-electron chi connectivity index (χ2n) is 6.53. The highest BCUT2D eigenvalue weighted by atomic mass is 19.4. The van der Waals surface area contributed by atoms with Crippen molar-refractivity contribution in [3.05, 3.63) is 70.3 Å². The minimum Gasteiger partial charge on any atom is -0.274 e. The molecular weight excluding hydrogens is 438 g/mol. The van der Waals surface area contributed by atoms with E-state index in [-0.39, 0.29) is 29.5 Å². The lowest BCUT2D eigenvalue weighted by Crippen LogP contribution is -2.39. The van der Waals surface area contributed by atoms with Gasteiger partial charge in [0.2, 0.25) is 0 Å². The lowest BCUT2D eigenvalue weighted by atomic mass is 10.0. The second-order valence-corrected chi connectivity index (χ2v) is 6.53. The van der Waals surface area contributed by atoms with Gasteiger partial charge in [-0.1, -0.05) is 13.3 Å². The van der Waals surface area contributed by atoms with E-state index in [9.17, 15) is 44.7 Å². The number of hydrogen-bond donors (Lipinski definition) is 0. The highest BCUT2D eigenvalue weighted by Gasteiger charge is 2.38. The Morgan fingerprint density at radius 3 is 2.03 bits per heavy atom. The van der Waals surface area contributed by atoms with Gasteiger partial charge in [0.1, 0.15) is 11.6 Å². The van der Waals surface area contributed by atoms with Crippen molar-refractivity contribution in [2.24, 2.45) is 0 Å². The molecule has 2 aromatic carbocycles. The van der Waals surface area contributed by atoms with Crippen LogP contribution in [-0.4, -0.2) is 23.3 Å². The van der Waals surface area contributed by atoms with Crippen LogP contribution >= 0.6 is 0 Å². The summed E-state index contributed by atoms with van der Waals surface area (Å²) in [4.78, 5) is 25.8. The van der Waals surface area contributed by atoms with Crippen LogP contribution in [0.25, 0.3) is 0 Å². The van der Waals surface area contributed by atoms with Gasteiger partial charge in [-0.2, -0.15) is 26.3 Å². The molecule has 0 fully saturated rings. The van der Waals surface area contributed by atoms with Crippen molar-refractivity contribution in [1.82, 2.24) is 4.90 Å². The molecule has 3 nitrogen and oxygen atoms in total. The third-order valence-electron chi connectivity index (χ3n) is 4.22. The van der Waals surface area contributed by atoms with Gasteiger partial charge in [0, 0.05) is 12.1 Å². The molecule has 0 heterocycles. The number of rotatable bonds is 5. The molecule has 0 radical (unpaired) electrons. The van der Waals surface area contributed by atoms with Gasteiger partial charge in [0.25, 0.3) is 11.8 Å². The zero-order valence-electron chi connectivity index (χ0n) is 15.9. The number of imide groups is 1. The van der Waals surface area contributed by atoms with Crippen LogP contribution in [0.15, 0.2) is 36.4 Å². The maximum Gasteiger partial charge on any atom is 0.417 e. The third-order valence-corrected chi connectivity index (χ3v) is 4.22. The SMILES string of the molecule is CCCCN(C(=O)c1cc(F)cc(C(F)(F)F)c1)C(=O)c1cc(F)ccc1C(F)(F)F. The first kappa shape index (κ1) is 24.3. The topological polar surface area (TPSA) is 37.4 Å². The number of halogens is 8. The fourth-order valence-electron chi connectivity index (χ4n) is 2.73. The van der Waals surface area contributed by atoms with Crippen molar-refractivity contribution < 1.29 is 44.7 Å². The van der Waals surface area contributed by atoms with E-state index in [4.69, 9.17) is 0 Å². The highest BCUT2D eigenvalue weighted by molar-refractivity contribution is 6.11. The van der Waals surface area contributed by atoms with Gasteiger partial charge in [0.05, 0.1) is 16.7 Å². The van der Waals surface area contributed by atoms with Crippen LogP contribution in [0.3, 0.4) is 0 Å². The summed E-state index contributed by atoms with van der Waals surface area (Å²) in [6, 6.07) is 1.91. The minimum atomic E-state index is -5.07. The lowest BCUT2D eigenvalue weighted by molar-refractivity contribution is -0.138. The van der Waals surface area contributed by atoms with Gasteiger partial charge >= 0.3 is 12.4 Å². The van der Waals surface area contributed by atoms with Crippen LogP contribution in [-0.2, 0) is 12.4 Å². The predicted molar refractivity (Wildman–Crippen MR) is 93.1 cm³/mol. The smallest absolute Gasteiger partial charge is 0.274 e. The standard InChI is InChI=1S/C20H15F8NO2/c1-2-3-6-29(17(30)11-7-12(19(23,24)25)9-14(22)8-11)18(31)15-10-13(21)4-5-16(15)20(26,27)28/h4-5,7-10H,2-3,6H2,1H3. The number of carbonyl (C=O) groups excluding carboxylic acids is 2. The summed E-state index contributed by atoms with van der Waals surface area (Å²) in [5.74, 6) is -5.63. The van der Waals surface area contributed by atoms with Crippen molar-refractivity contribution in [2.45, 2.75) is 32.1 Å². The van der Waals surface area contributed by atoms with Gasteiger partial charge < -0.3 is 0 Å². The van der Waals surface area contributed by atoms with Gasteiger partial charge in [-0.05, 0) is 42.8 Å². The summed E-state index contributed by atoms with van der Waals surface area (Å²) in [6.45, 7) is 1.15. The zero-order valence-corrected chi connectivity index (χ0v) is 15.9. The van der Waals surface area contributed by atoms with Gasteiger partial charge in [-0.25, -0.2) is 8.78 Å². The van der Waals surface area contributed by atoms with E-state index in [0.29, 0.717) is 24.6 Å². The number of hydrogen-bond acceptors (Lipinski definition) is 2. The van der Waals surface area contributed by atoms with Gasteiger partial charge in [-0.15, -0.1) is 0 Å². The molecule has 2 amide bonds. The molecule has 0 bridgehead atoms. The molecule has 0 saturated heterocycles. The molecule has 0 saturated carbocycles. The number of nitrogens with zero attached hydrogens (tertiary/aromatic N) is 1. The molecule has 0 N–H and O–H groups in total. The van der Waals surface area contributed by atoms with Crippen molar-refractivity contribution in [1.29, 1.82) is 0 Å². The summed E-state index contributed by atoms with van der Waals surface area (Å²) >= 11 is 0. The first-order valence-corrected chi connectivity index (χ1v) is 8.86. The molecule has 0 aliphatic rings. The fourth-order valence-corrected chi connectivity index (χ4v) is 2.73. The van der Waals surface area contributed by atoms with E-state index in [2.05, 4.69) is 0 Å². The number of amides is 2. The van der Waals surface area contributed by atoms with E-state index in [1.807, 2.05) is 0 Å². The first-order chi connectivity index (χ1) is 14.3. The Labute approximate surface area is 171 Å². The summed E-state index contributed by atoms with van der Waals surface area (Å²) in [6.07, 6.45) is -9.62. The van der Waals surface area contributed by atoms with Crippen LogP contribution in [0, 0.1) is 11.6 Å². The van der Waals surface area contributed by atoms with Crippen molar-refractivity contribution in [3.63, 3.8) is 0 Å². The van der Waals surface area contributed by atoms with E-state index in [1.54, 1.807) is 6.92 Å². The van der Waals surface area contributed by atoms with Crippen molar-refractivity contribution in [3.8, 4) is 0 Å².